The van der Waals surface area contributed by atoms with Crippen molar-refractivity contribution in [1.82, 2.24) is 9.55 Å². The van der Waals surface area contributed by atoms with Gasteiger partial charge in [-0.2, -0.15) is 0 Å². The Morgan fingerprint density at radius 2 is 2.25 bits per heavy atom. The summed E-state index contributed by atoms with van der Waals surface area (Å²) in [5.74, 6) is 1.35. The Morgan fingerprint density at radius 3 is 2.81 bits per heavy atom. The van der Waals surface area contributed by atoms with E-state index < -0.39 is 0 Å². The minimum absolute atomic E-state index is 0.0439. The van der Waals surface area contributed by atoms with E-state index in [0.717, 1.165) is 12.4 Å². The summed E-state index contributed by atoms with van der Waals surface area (Å²) in [6.07, 6.45) is 4.45. The van der Waals surface area contributed by atoms with Crippen molar-refractivity contribution >= 4 is 5.78 Å². The molecule has 0 spiro atoms. The summed E-state index contributed by atoms with van der Waals surface area (Å²) in [5, 5.41) is 0. The number of aryl methyl sites for hydroxylation is 1. The summed E-state index contributed by atoms with van der Waals surface area (Å²) in [6, 6.07) is -0.0439. The number of hydrogen-bond acceptors (Lipinski definition) is 3. The van der Waals surface area contributed by atoms with Crippen LogP contribution >= 0.6 is 0 Å². The predicted octanol–water partition coefficient (Wildman–Crippen LogP) is 1.39. The molecule has 1 rings (SSSR count). The van der Waals surface area contributed by atoms with Crippen LogP contribution in [0.15, 0.2) is 12.4 Å². The Bertz CT molecular complexity index is 344. The van der Waals surface area contributed by atoms with E-state index in [9.17, 15) is 4.79 Å². The third-order valence-electron chi connectivity index (χ3n) is 2.82. The van der Waals surface area contributed by atoms with E-state index in [1.165, 1.54) is 0 Å². The smallest absolute Gasteiger partial charge is 0.141 e. The summed E-state index contributed by atoms with van der Waals surface area (Å²) in [7, 11) is 0. The van der Waals surface area contributed by atoms with Crippen LogP contribution in [-0.4, -0.2) is 21.4 Å². The number of ketones is 1. The Morgan fingerprint density at radius 1 is 1.56 bits per heavy atom. The van der Waals surface area contributed by atoms with E-state index in [2.05, 4.69) is 4.98 Å². The quantitative estimate of drug-likeness (QED) is 0.792. The van der Waals surface area contributed by atoms with E-state index in [1.807, 2.05) is 31.5 Å². The Labute approximate surface area is 96.9 Å². The second kappa shape index (κ2) is 5.80. The molecule has 1 aromatic rings. The van der Waals surface area contributed by atoms with Crippen LogP contribution in [-0.2, 0) is 17.8 Å². The summed E-state index contributed by atoms with van der Waals surface area (Å²) >= 11 is 0. The lowest BCUT2D eigenvalue weighted by Gasteiger charge is -2.14. The molecule has 4 heteroatoms. The number of imidazole rings is 1. The maximum absolute atomic E-state index is 11.8. The van der Waals surface area contributed by atoms with Gasteiger partial charge >= 0.3 is 0 Å². The first-order chi connectivity index (χ1) is 7.54. The van der Waals surface area contributed by atoms with E-state index in [0.29, 0.717) is 18.8 Å². The molecule has 16 heavy (non-hydrogen) atoms. The highest BCUT2D eigenvalue weighted by Crippen LogP contribution is 2.07. The fourth-order valence-electron chi connectivity index (χ4n) is 1.54. The minimum atomic E-state index is -0.0439. The molecule has 1 heterocycles. The number of Topliss-reactive ketones (excluding diaryl/α,β-unsaturated/α-hetero) is 1. The highest BCUT2D eigenvalue weighted by Gasteiger charge is 2.15. The third-order valence-corrected chi connectivity index (χ3v) is 2.82. The molecule has 0 amide bonds. The van der Waals surface area contributed by atoms with Crippen molar-refractivity contribution in [2.24, 2.45) is 11.7 Å². The zero-order chi connectivity index (χ0) is 12.1. The number of nitrogens with zero attached hydrogens (tertiary/aromatic N) is 2. The molecule has 0 aromatic carbocycles. The average molecular weight is 223 g/mol. The fourth-order valence-corrected chi connectivity index (χ4v) is 1.54. The van der Waals surface area contributed by atoms with Gasteiger partial charge in [-0.05, 0) is 12.8 Å². The van der Waals surface area contributed by atoms with Crippen molar-refractivity contribution in [3.05, 3.63) is 18.2 Å². The van der Waals surface area contributed by atoms with Gasteiger partial charge in [0, 0.05) is 31.4 Å². The van der Waals surface area contributed by atoms with Gasteiger partial charge < -0.3 is 10.3 Å². The van der Waals surface area contributed by atoms with Gasteiger partial charge in [-0.25, -0.2) is 4.98 Å². The number of aromatic nitrogens is 2. The first kappa shape index (κ1) is 12.9. The lowest BCUT2D eigenvalue weighted by atomic mass is 9.98. The third kappa shape index (κ3) is 3.45. The molecule has 0 radical (unpaired) electrons. The van der Waals surface area contributed by atoms with Crippen molar-refractivity contribution < 1.29 is 4.79 Å². The molecule has 0 aliphatic heterocycles. The van der Waals surface area contributed by atoms with Crippen LogP contribution < -0.4 is 5.73 Å². The van der Waals surface area contributed by atoms with Crippen molar-refractivity contribution in [3.63, 3.8) is 0 Å². The van der Waals surface area contributed by atoms with E-state index in [-0.39, 0.29) is 11.8 Å². The Balaban J connectivity index is 2.52. The Kier molecular flexibility index (Phi) is 4.68. The van der Waals surface area contributed by atoms with E-state index in [1.54, 1.807) is 6.20 Å². The maximum atomic E-state index is 11.8. The van der Waals surface area contributed by atoms with Gasteiger partial charge in [0.05, 0.1) is 6.42 Å². The highest BCUT2D eigenvalue weighted by atomic mass is 16.1. The molecular formula is C12H21N3O. The largest absolute Gasteiger partial charge is 0.335 e. The number of nitrogens with two attached hydrogens (primary N) is 1. The van der Waals surface area contributed by atoms with Gasteiger partial charge in [0.2, 0.25) is 0 Å². The summed E-state index contributed by atoms with van der Waals surface area (Å²) in [4.78, 5) is 15.9. The molecule has 4 nitrogen and oxygen atoms in total. The lowest BCUT2D eigenvalue weighted by molar-refractivity contribution is -0.119. The van der Waals surface area contributed by atoms with Crippen LogP contribution in [0.5, 0.6) is 0 Å². The van der Waals surface area contributed by atoms with Crippen LogP contribution in [0.2, 0.25) is 0 Å². The maximum Gasteiger partial charge on any atom is 0.141 e. The second-order valence-electron chi connectivity index (χ2n) is 4.46. The second-order valence-corrected chi connectivity index (χ2v) is 4.46. The lowest BCUT2D eigenvalue weighted by Crippen LogP contribution is -2.30. The number of rotatable bonds is 6. The van der Waals surface area contributed by atoms with Gasteiger partial charge in [-0.3, -0.25) is 4.79 Å². The highest BCUT2D eigenvalue weighted by molar-refractivity contribution is 5.80. The first-order valence-corrected chi connectivity index (χ1v) is 5.81. The van der Waals surface area contributed by atoms with Crippen molar-refractivity contribution in [2.45, 2.75) is 46.2 Å². The average Bonchev–Trinajstić information content (AvgIpc) is 2.64. The van der Waals surface area contributed by atoms with E-state index >= 15 is 0 Å². The molecule has 0 saturated heterocycles. The molecule has 1 aromatic heterocycles. The molecule has 90 valence electrons. The minimum Gasteiger partial charge on any atom is -0.335 e. The zero-order valence-electron chi connectivity index (χ0n) is 10.3. The van der Waals surface area contributed by atoms with Gasteiger partial charge in [0.15, 0.2) is 0 Å². The normalized spacial score (nSPS) is 13.1. The molecule has 0 bridgehead atoms. The molecule has 1 atom stereocenters. The number of carbonyl (C=O) groups excluding carboxylic acids is 1. The van der Waals surface area contributed by atoms with Crippen LogP contribution in [0.3, 0.4) is 0 Å². The molecule has 1 unspecified atom stereocenters. The zero-order valence-corrected chi connectivity index (χ0v) is 10.3. The molecular weight excluding hydrogens is 202 g/mol. The topological polar surface area (TPSA) is 60.9 Å². The monoisotopic (exact) mass is 223 g/mol. The van der Waals surface area contributed by atoms with Crippen molar-refractivity contribution in [2.75, 3.05) is 0 Å². The molecule has 0 aliphatic carbocycles. The van der Waals surface area contributed by atoms with Crippen LogP contribution in [0.4, 0.5) is 0 Å². The van der Waals surface area contributed by atoms with Crippen molar-refractivity contribution in [3.8, 4) is 0 Å². The SMILES string of the molecule is CCn1ccnc1CC(=O)CC(N)C(C)C. The molecule has 2 N–H and O–H groups in total. The Hall–Kier alpha value is -1.16. The number of carbonyl (C=O) groups is 1. The van der Waals surface area contributed by atoms with Crippen molar-refractivity contribution in [1.29, 1.82) is 0 Å². The van der Waals surface area contributed by atoms with Gasteiger partial charge in [-0.15, -0.1) is 0 Å². The van der Waals surface area contributed by atoms with Crippen LogP contribution in [0.25, 0.3) is 0 Å². The van der Waals surface area contributed by atoms with E-state index in [4.69, 9.17) is 5.73 Å². The number of hydrogen-bond donors (Lipinski definition) is 1. The standard InChI is InChI=1S/C12H21N3O/c1-4-15-6-5-14-12(15)8-10(16)7-11(13)9(2)3/h5-6,9,11H,4,7-8,13H2,1-3H3. The first-order valence-electron chi connectivity index (χ1n) is 5.81. The fraction of sp³-hybridized carbons (Fsp3) is 0.667. The summed E-state index contributed by atoms with van der Waals surface area (Å²) in [5.41, 5.74) is 5.87. The molecule has 0 fully saturated rings. The van der Waals surface area contributed by atoms with Gasteiger partial charge in [0.1, 0.15) is 11.6 Å². The van der Waals surface area contributed by atoms with Crippen LogP contribution in [0, 0.1) is 5.92 Å². The van der Waals surface area contributed by atoms with Gasteiger partial charge in [0.25, 0.3) is 0 Å². The molecule has 0 aliphatic rings. The van der Waals surface area contributed by atoms with Gasteiger partial charge in [-0.1, -0.05) is 13.8 Å². The summed E-state index contributed by atoms with van der Waals surface area (Å²) < 4.78 is 1.98. The summed E-state index contributed by atoms with van der Waals surface area (Å²) in [6.45, 7) is 6.95. The predicted molar refractivity (Wildman–Crippen MR) is 64.0 cm³/mol. The van der Waals surface area contributed by atoms with Crippen LogP contribution in [0.1, 0.15) is 33.0 Å². The molecule has 0 saturated carbocycles.